The van der Waals surface area contributed by atoms with E-state index in [1.165, 1.54) is 18.2 Å². The lowest BCUT2D eigenvalue weighted by Crippen LogP contribution is -2.17. The average Bonchev–Trinajstić information content (AvgIpc) is 2.82. The number of anilines is 1. The van der Waals surface area contributed by atoms with E-state index in [9.17, 15) is 9.59 Å². The van der Waals surface area contributed by atoms with Crippen LogP contribution in [0.25, 0.3) is 0 Å². The van der Waals surface area contributed by atoms with Crippen LogP contribution < -0.4 is 5.32 Å². The Hall–Kier alpha value is -1.79. The molecule has 0 aliphatic rings. The van der Waals surface area contributed by atoms with Crippen molar-refractivity contribution in [2.75, 3.05) is 5.32 Å². The van der Waals surface area contributed by atoms with E-state index in [0.29, 0.717) is 12.2 Å². The molecule has 2 aromatic rings. The number of carboxylic acid groups (broad SMARTS) is 1. The number of carbonyl (C=O) groups is 2. The number of aromatic carboxylic acids is 1. The normalized spacial score (nSPS) is 10.4. The molecule has 0 unspecified atom stereocenters. The van der Waals surface area contributed by atoms with Gasteiger partial charge in [-0.1, -0.05) is 11.6 Å². The van der Waals surface area contributed by atoms with Gasteiger partial charge in [0.15, 0.2) is 0 Å². The van der Waals surface area contributed by atoms with Crippen LogP contribution in [-0.2, 0) is 6.54 Å². The van der Waals surface area contributed by atoms with Crippen LogP contribution in [0.1, 0.15) is 27.8 Å². The van der Waals surface area contributed by atoms with Gasteiger partial charge in [0.1, 0.15) is 5.69 Å². The molecule has 0 saturated heterocycles. The molecule has 0 aliphatic heterocycles. The fourth-order valence-electron chi connectivity index (χ4n) is 1.87. The molecule has 0 atom stereocenters. The van der Waals surface area contributed by atoms with Gasteiger partial charge in [0.2, 0.25) is 0 Å². The van der Waals surface area contributed by atoms with Gasteiger partial charge in [-0.2, -0.15) is 0 Å². The quantitative estimate of drug-likeness (QED) is 0.857. The van der Waals surface area contributed by atoms with E-state index in [0.717, 1.165) is 4.47 Å². The second-order valence-electron chi connectivity index (χ2n) is 4.28. The zero-order valence-corrected chi connectivity index (χ0v) is 13.4. The van der Waals surface area contributed by atoms with Crippen molar-refractivity contribution < 1.29 is 14.7 Å². The first-order valence-electron chi connectivity index (χ1n) is 6.12. The Bertz CT molecular complexity index is 712. The number of nitrogens with one attached hydrogen (secondary N) is 1. The fraction of sp³-hybridized carbons (Fsp3) is 0.143. The van der Waals surface area contributed by atoms with Gasteiger partial charge < -0.3 is 15.0 Å². The number of amides is 1. The molecule has 1 aromatic carbocycles. The van der Waals surface area contributed by atoms with E-state index in [-0.39, 0.29) is 22.2 Å². The first-order valence-corrected chi connectivity index (χ1v) is 7.29. The zero-order chi connectivity index (χ0) is 15.6. The number of hydrogen-bond acceptors (Lipinski definition) is 2. The molecule has 0 bridgehead atoms. The monoisotopic (exact) mass is 370 g/mol. The summed E-state index contributed by atoms with van der Waals surface area (Å²) in [5.41, 5.74) is 0.782. The van der Waals surface area contributed by atoms with Gasteiger partial charge in [0.05, 0.1) is 16.3 Å². The Kier molecular flexibility index (Phi) is 4.69. The SMILES string of the molecule is CCn1cc(Br)cc1C(=O)Nc1cc(C(=O)O)ccc1Cl. The molecule has 2 rings (SSSR count). The van der Waals surface area contributed by atoms with Gasteiger partial charge in [0.25, 0.3) is 5.91 Å². The fourth-order valence-corrected chi connectivity index (χ4v) is 2.50. The summed E-state index contributed by atoms with van der Waals surface area (Å²) in [5.74, 6) is -1.44. The van der Waals surface area contributed by atoms with Crippen LogP contribution in [-0.4, -0.2) is 21.6 Å². The Morgan fingerprint density at radius 1 is 1.38 bits per heavy atom. The Morgan fingerprint density at radius 2 is 2.10 bits per heavy atom. The minimum Gasteiger partial charge on any atom is -0.478 e. The number of carbonyl (C=O) groups excluding carboxylic acids is 1. The number of aromatic nitrogens is 1. The molecule has 5 nitrogen and oxygen atoms in total. The van der Waals surface area contributed by atoms with Crippen LogP contribution in [0.5, 0.6) is 0 Å². The summed E-state index contributed by atoms with van der Waals surface area (Å²) in [5, 5.41) is 11.9. The summed E-state index contributed by atoms with van der Waals surface area (Å²) in [6.07, 6.45) is 1.80. The molecule has 0 saturated carbocycles. The number of aryl methyl sites for hydroxylation is 1. The highest BCUT2D eigenvalue weighted by Crippen LogP contribution is 2.24. The third kappa shape index (κ3) is 3.46. The summed E-state index contributed by atoms with van der Waals surface area (Å²) in [4.78, 5) is 23.2. The number of nitrogens with zero attached hydrogens (tertiary/aromatic N) is 1. The molecule has 0 spiro atoms. The predicted molar refractivity (Wildman–Crippen MR) is 84.2 cm³/mol. The molecule has 0 radical (unpaired) electrons. The molecular weight excluding hydrogens is 360 g/mol. The van der Waals surface area contributed by atoms with Gasteiger partial charge in [-0.05, 0) is 47.1 Å². The van der Waals surface area contributed by atoms with E-state index < -0.39 is 5.97 Å². The van der Waals surface area contributed by atoms with Gasteiger partial charge in [-0.25, -0.2) is 4.79 Å². The van der Waals surface area contributed by atoms with Gasteiger partial charge in [-0.3, -0.25) is 4.79 Å². The first-order chi connectivity index (χ1) is 9.92. The highest BCUT2D eigenvalue weighted by atomic mass is 79.9. The summed E-state index contributed by atoms with van der Waals surface area (Å²) in [6, 6.07) is 5.84. The van der Waals surface area contributed by atoms with E-state index in [4.69, 9.17) is 16.7 Å². The molecule has 110 valence electrons. The predicted octanol–water partition coefficient (Wildman–Crippen LogP) is 3.87. The molecule has 0 aliphatic carbocycles. The highest BCUT2D eigenvalue weighted by molar-refractivity contribution is 9.10. The van der Waals surface area contributed by atoms with E-state index >= 15 is 0 Å². The maximum atomic E-state index is 12.3. The minimum atomic E-state index is -1.08. The highest BCUT2D eigenvalue weighted by Gasteiger charge is 2.15. The van der Waals surface area contributed by atoms with E-state index in [1.54, 1.807) is 16.8 Å². The number of hydrogen-bond donors (Lipinski definition) is 2. The zero-order valence-electron chi connectivity index (χ0n) is 11.1. The summed E-state index contributed by atoms with van der Waals surface area (Å²) < 4.78 is 2.56. The van der Waals surface area contributed by atoms with Crippen molar-refractivity contribution in [1.29, 1.82) is 0 Å². The standard InChI is InChI=1S/C14H12BrClN2O3/c1-2-18-7-9(15)6-12(18)13(19)17-11-5-8(14(20)21)3-4-10(11)16/h3-7H,2H2,1H3,(H,17,19)(H,20,21). The largest absolute Gasteiger partial charge is 0.478 e. The maximum absolute atomic E-state index is 12.3. The average molecular weight is 372 g/mol. The molecule has 1 amide bonds. The van der Waals surface area contributed by atoms with Gasteiger partial charge in [-0.15, -0.1) is 0 Å². The third-order valence-electron chi connectivity index (χ3n) is 2.90. The Balaban J connectivity index is 2.31. The van der Waals surface area contributed by atoms with Crippen molar-refractivity contribution in [3.8, 4) is 0 Å². The molecule has 1 heterocycles. The van der Waals surface area contributed by atoms with Crippen molar-refractivity contribution in [2.45, 2.75) is 13.5 Å². The summed E-state index contributed by atoms with van der Waals surface area (Å²) in [7, 11) is 0. The molecular formula is C14H12BrClN2O3. The number of benzene rings is 1. The van der Waals surface area contributed by atoms with Crippen LogP contribution in [0.4, 0.5) is 5.69 Å². The lowest BCUT2D eigenvalue weighted by atomic mass is 10.2. The smallest absolute Gasteiger partial charge is 0.335 e. The van der Waals surface area contributed by atoms with Crippen LogP contribution in [0.15, 0.2) is 34.9 Å². The molecule has 1 aromatic heterocycles. The Labute approximate surface area is 134 Å². The van der Waals surface area contributed by atoms with Crippen molar-refractivity contribution in [2.24, 2.45) is 0 Å². The molecule has 7 heteroatoms. The lowest BCUT2D eigenvalue weighted by molar-refractivity contribution is 0.0696. The van der Waals surface area contributed by atoms with E-state index in [2.05, 4.69) is 21.2 Å². The van der Waals surface area contributed by atoms with Crippen LogP contribution in [0, 0.1) is 0 Å². The molecule has 2 N–H and O–H groups in total. The second kappa shape index (κ2) is 6.32. The summed E-state index contributed by atoms with van der Waals surface area (Å²) >= 11 is 9.31. The van der Waals surface area contributed by atoms with Crippen molar-refractivity contribution >= 4 is 45.1 Å². The Morgan fingerprint density at radius 3 is 2.71 bits per heavy atom. The van der Waals surface area contributed by atoms with Crippen LogP contribution in [0.2, 0.25) is 5.02 Å². The van der Waals surface area contributed by atoms with Crippen molar-refractivity contribution in [3.05, 3.63) is 51.2 Å². The van der Waals surface area contributed by atoms with E-state index in [1.807, 2.05) is 6.92 Å². The summed E-state index contributed by atoms with van der Waals surface area (Å²) in [6.45, 7) is 2.55. The van der Waals surface area contributed by atoms with Gasteiger partial charge in [0, 0.05) is 17.2 Å². The van der Waals surface area contributed by atoms with Gasteiger partial charge >= 0.3 is 5.97 Å². The maximum Gasteiger partial charge on any atom is 0.335 e. The first kappa shape index (κ1) is 15.6. The topological polar surface area (TPSA) is 71.3 Å². The number of halogens is 2. The number of rotatable bonds is 4. The second-order valence-corrected chi connectivity index (χ2v) is 5.61. The molecule has 0 fully saturated rings. The van der Waals surface area contributed by atoms with Crippen molar-refractivity contribution in [3.63, 3.8) is 0 Å². The van der Waals surface area contributed by atoms with Crippen molar-refractivity contribution in [1.82, 2.24) is 4.57 Å². The minimum absolute atomic E-state index is 0.0572. The molecule has 21 heavy (non-hydrogen) atoms. The lowest BCUT2D eigenvalue weighted by Gasteiger charge is -2.09. The number of carboxylic acids is 1. The van der Waals surface area contributed by atoms with Crippen LogP contribution >= 0.6 is 27.5 Å². The van der Waals surface area contributed by atoms with Crippen LogP contribution in [0.3, 0.4) is 0 Å². The third-order valence-corrected chi connectivity index (χ3v) is 3.66.